The van der Waals surface area contributed by atoms with Gasteiger partial charge in [-0.25, -0.2) is 0 Å². The number of aromatic nitrogens is 2. The second kappa shape index (κ2) is 4.55. The van der Waals surface area contributed by atoms with Gasteiger partial charge in [0.15, 0.2) is 5.01 Å². The summed E-state index contributed by atoms with van der Waals surface area (Å²) in [6.45, 7) is 2.67. The first-order valence-electron chi connectivity index (χ1n) is 4.94. The van der Waals surface area contributed by atoms with Crippen LogP contribution in [-0.4, -0.2) is 16.7 Å². The fraction of sp³-hybridized carbons (Fsp3) is 0.400. The predicted molar refractivity (Wildman–Crippen MR) is 59.7 cm³/mol. The van der Waals surface area contributed by atoms with Gasteiger partial charge in [-0.3, -0.25) is 0 Å². The molecule has 0 atom stereocenters. The lowest BCUT2D eigenvalue weighted by molar-refractivity contribution is 0.517. The van der Waals surface area contributed by atoms with Crippen LogP contribution in [0.4, 0.5) is 0 Å². The topological polar surface area (TPSA) is 64.9 Å². The van der Waals surface area contributed by atoms with Crippen LogP contribution in [0.2, 0.25) is 0 Å². The molecule has 0 aliphatic carbocycles. The SMILES string of the molecule is CCc1occc1-c1nnc(CCN)s1. The van der Waals surface area contributed by atoms with E-state index in [-0.39, 0.29) is 0 Å². The largest absolute Gasteiger partial charge is 0.469 e. The Morgan fingerprint density at radius 3 is 3.07 bits per heavy atom. The monoisotopic (exact) mass is 223 g/mol. The van der Waals surface area contributed by atoms with Gasteiger partial charge in [-0.05, 0) is 12.6 Å². The molecule has 80 valence electrons. The summed E-state index contributed by atoms with van der Waals surface area (Å²) in [7, 11) is 0. The lowest BCUT2D eigenvalue weighted by Gasteiger charge is -1.92. The minimum Gasteiger partial charge on any atom is -0.469 e. The normalized spacial score (nSPS) is 10.8. The zero-order valence-corrected chi connectivity index (χ0v) is 9.38. The van der Waals surface area contributed by atoms with Crippen LogP contribution < -0.4 is 5.73 Å². The third-order valence-corrected chi connectivity index (χ3v) is 3.14. The van der Waals surface area contributed by atoms with Crippen molar-refractivity contribution in [2.75, 3.05) is 6.54 Å². The van der Waals surface area contributed by atoms with E-state index in [9.17, 15) is 0 Å². The third-order valence-electron chi connectivity index (χ3n) is 2.12. The van der Waals surface area contributed by atoms with Crippen LogP contribution in [0.1, 0.15) is 17.7 Å². The summed E-state index contributed by atoms with van der Waals surface area (Å²) >= 11 is 1.58. The molecule has 0 fully saturated rings. The van der Waals surface area contributed by atoms with Crippen molar-refractivity contribution in [3.8, 4) is 10.6 Å². The molecule has 0 saturated carbocycles. The quantitative estimate of drug-likeness (QED) is 0.859. The molecular weight excluding hydrogens is 210 g/mol. The average Bonchev–Trinajstić information content (AvgIpc) is 2.84. The fourth-order valence-electron chi connectivity index (χ4n) is 1.39. The number of hydrogen-bond donors (Lipinski definition) is 1. The molecule has 0 aromatic carbocycles. The molecule has 0 bridgehead atoms. The van der Waals surface area contributed by atoms with E-state index in [1.165, 1.54) is 0 Å². The minimum absolute atomic E-state index is 0.612. The molecule has 0 aliphatic rings. The number of nitrogens with zero attached hydrogens (tertiary/aromatic N) is 2. The summed E-state index contributed by atoms with van der Waals surface area (Å²) in [4.78, 5) is 0. The maximum atomic E-state index is 5.46. The molecule has 2 rings (SSSR count). The molecule has 0 radical (unpaired) electrons. The van der Waals surface area contributed by atoms with Gasteiger partial charge in [-0.1, -0.05) is 18.3 Å². The van der Waals surface area contributed by atoms with Gasteiger partial charge in [0, 0.05) is 12.8 Å². The lowest BCUT2D eigenvalue weighted by atomic mass is 10.2. The highest BCUT2D eigenvalue weighted by Crippen LogP contribution is 2.28. The Bertz CT molecular complexity index is 435. The summed E-state index contributed by atoms with van der Waals surface area (Å²) in [5.74, 6) is 0.963. The maximum absolute atomic E-state index is 5.46. The van der Waals surface area contributed by atoms with Crippen molar-refractivity contribution in [3.63, 3.8) is 0 Å². The zero-order chi connectivity index (χ0) is 10.7. The third kappa shape index (κ3) is 2.08. The van der Waals surface area contributed by atoms with Gasteiger partial charge < -0.3 is 10.2 Å². The van der Waals surface area contributed by atoms with E-state index in [0.717, 1.165) is 34.2 Å². The number of furan rings is 1. The Kier molecular flexibility index (Phi) is 3.13. The first kappa shape index (κ1) is 10.3. The van der Waals surface area contributed by atoms with Gasteiger partial charge in [-0.2, -0.15) is 0 Å². The molecule has 0 spiro atoms. The summed E-state index contributed by atoms with van der Waals surface area (Å²) in [5.41, 5.74) is 6.52. The van der Waals surface area contributed by atoms with Crippen molar-refractivity contribution in [2.24, 2.45) is 5.73 Å². The number of nitrogens with two attached hydrogens (primary N) is 1. The van der Waals surface area contributed by atoms with Crippen LogP contribution in [0.5, 0.6) is 0 Å². The molecule has 15 heavy (non-hydrogen) atoms. The highest BCUT2D eigenvalue weighted by Gasteiger charge is 2.11. The summed E-state index contributed by atoms with van der Waals surface area (Å²) in [6, 6.07) is 1.94. The standard InChI is InChI=1S/C10H13N3OS/c1-2-8-7(4-6-14-8)10-13-12-9(15-10)3-5-11/h4,6H,2-3,5,11H2,1H3. The van der Waals surface area contributed by atoms with Gasteiger partial charge in [0.2, 0.25) is 0 Å². The molecular formula is C10H13N3OS. The van der Waals surface area contributed by atoms with E-state index < -0.39 is 0 Å². The molecule has 0 saturated heterocycles. The van der Waals surface area contributed by atoms with E-state index >= 15 is 0 Å². The van der Waals surface area contributed by atoms with Gasteiger partial charge in [-0.15, -0.1) is 10.2 Å². The highest BCUT2D eigenvalue weighted by atomic mass is 32.1. The van der Waals surface area contributed by atoms with Gasteiger partial charge in [0.25, 0.3) is 0 Å². The van der Waals surface area contributed by atoms with Crippen molar-refractivity contribution >= 4 is 11.3 Å². The van der Waals surface area contributed by atoms with Crippen LogP contribution >= 0.6 is 11.3 Å². The van der Waals surface area contributed by atoms with E-state index in [2.05, 4.69) is 17.1 Å². The average molecular weight is 223 g/mol. The Hall–Kier alpha value is -1.20. The molecule has 0 aliphatic heterocycles. The summed E-state index contributed by atoms with van der Waals surface area (Å²) < 4.78 is 5.35. The number of rotatable bonds is 4. The van der Waals surface area contributed by atoms with E-state index in [1.807, 2.05) is 6.07 Å². The van der Waals surface area contributed by atoms with Crippen LogP contribution in [0.25, 0.3) is 10.6 Å². The van der Waals surface area contributed by atoms with E-state index in [4.69, 9.17) is 10.2 Å². The number of hydrogen-bond acceptors (Lipinski definition) is 5. The summed E-state index contributed by atoms with van der Waals surface area (Å²) in [5, 5.41) is 10.1. The predicted octanol–water partition coefficient (Wildman–Crippen LogP) is 1.86. The van der Waals surface area contributed by atoms with Gasteiger partial charge in [0.1, 0.15) is 10.8 Å². The Morgan fingerprint density at radius 2 is 2.33 bits per heavy atom. The molecule has 0 unspecified atom stereocenters. The maximum Gasteiger partial charge on any atom is 0.151 e. The second-order valence-corrected chi connectivity index (χ2v) is 4.21. The minimum atomic E-state index is 0.612. The van der Waals surface area contributed by atoms with Crippen molar-refractivity contribution in [1.29, 1.82) is 0 Å². The van der Waals surface area contributed by atoms with Crippen molar-refractivity contribution < 1.29 is 4.42 Å². The van der Waals surface area contributed by atoms with Crippen LogP contribution in [0, 0.1) is 0 Å². The first-order valence-corrected chi connectivity index (χ1v) is 5.76. The van der Waals surface area contributed by atoms with Crippen LogP contribution in [0.3, 0.4) is 0 Å². The second-order valence-electron chi connectivity index (χ2n) is 3.15. The van der Waals surface area contributed by atoms with Gasteiger partial charge in [0.05, 0.1) is 11.8 Å². The Balaban J connectivity index is 2.28. The molecule has 2 heterocycles. The lowest BCUT2D eigenvalue weighted by Crippen LogP contribution is -2.01. The van der Waals surface area contributed by atoms with E-state index in [0.29, 0.717) is 6.54 Å². The Labute approximate surface area is 92.1 Å². The molecule has 2 aromatic rings. The molecule has 2 N–H and O–H groups in total. The van der Waals surface area contributed by atoms with Crippen molar-refractivity contribution in [3.05, 3.63) is 23.1 Å². The molecule has 2 aromatic heterocycles. The van der Waals surface area contributed by atoms with Crippen LogP contribution in [-0.2, 0) is 12.8 Å². The Morgan fingerprint density at radius 1 is 1.47 bits per heavy atom. The molecule has 0 amide bonds. The highest BCUT2D eigenvalue weighted by molar-refractivity contribution is 7.14. The van der Waals surface area contributed by atoms with Gasteiger partial charge >= 0.3 is 0 Å². The fourth-order valence-corrected chi connectivity index (χ4v) is 2.29. The number of aryl methyl sites for hydroxylation is 1. The van der Waals surface area contributed by atoms with Crippen LogP contribution in [0.15, 0.2) is 16.7 Å². The van der Waals surface area contributed by atoms with Crippen molar-refractivity contribution in [1.82, 2.24) is 10.2 Å². The zero-order valence-electron chi connectivity index (χ0n) is 8.56. The molecule has 4 nitrogen and oxygen atoms in total. The van der Waals surface area contributed by atoms with Crippen molar-refractivity contribution in [2.45, 2.75) is 19.8 Å². The molecule has 5 heteroatoms. The summed E-state index contributed by atoms with van der Waals surface area (Å²) in [6.07, 6.45) is 3.35. The first-order chi connectivity index (χ1) is 7.35. The smallest absolute Gasteiger partial charge is 0.151 e. The van der Waals surface area contributed by atoms with E-state index in [1.54, 1.807) is 17.6 Å².